The van der Waals surface area contributed by atoms with Crippen molar-refractivity contribution in [3.05, 3.63) is 16.9 Å². The van der Waals surface area contributed by atoms with Crippen molar-refractivity contribution in [1.82, 2.24) is 14.7 Å². The number of hydrogen-bond acceptors (Lipinski definition) is 4. The van der Waals surface area contributed by atoms with Gasteiger partial charge in [-0.3, -0.25) is 9.48 Å². The van der Waals surface area contributed by atoms with E-state index in [-0.39, 0.29) is 5.78 Å². The molecule has 0 aliphatic rings. The number of ketones is 1. The number of hydrogen-bond donors (Lipinski definition) is 1. The molecule has 1 aromatic heterocycles. The zero-order valence-corrected chi connectivity index (χ0v) is 10.5. The molecule has 1 atom stereocenters. The van der Waals surface area contributed by atoms with Crippen molar-refractivity contribution < 1.29 is 4.79 Å². The molecule has 0 amide bonds. The van der Waals surface area contributed by atoms with E-state index in [2.05, 4.69) is 5.10 Å². The predicted molar refractivity (Wildman–Crippen MR) is 63.8 cm³/mol. The lowest BCUT2D eigenvalue weighted by Gasteiger charge is -2.12. The van der Waals surface area contributed by atoms with E-state index in [0.29, 0.717) is 17.3 Å². The second-order valence-electron chi connectivity index (χ2n) is 4.02. The highest BCUT2D eigenvalue weighted by atomic mass is 35.5. The SMILES string of the molecule is CC(N)C(=O)c1c(Cl)cnn1CCN(C)C. The van der Waals surface area contributed by atoms with Crippen LogP contribution in [0.4, 0.5) is 0 Å². The molecule has 1 rings (SSSR count). The van der Waals surface area contributed by atoms with E-state index in [0.717, 1.165) is 6.54 Å². The minimum atomic E-state index is -0.563. The minimum Gasteiger partial charge on any atom is -0.321 e. The number of halogens is 1. The lowest BCUT2D eigenvalue weighted by atomic mass is 10.1. The van der Waals surface area contributed by atoms with Gasteiger partial charge in [-0.15, -0.1) is 0 Å². The number of rotatable bonds is 5. The number of carbonyl (C=O) groups excluding carboxylic acids is 1. The van der Waals surface area contributed by atoms with Crippen molar-refractivity contribution in [1.29, 1.82) is 0 Å². The molecule has 0 aliphatic heterocycles. The summed E-state index contributed by atoms with van der Waals surface area (Å²) in [7, 11) is 3.91. The molecule has 0 aromatic carbocycles. The molecule has 0 fully saturated rings. The van der Waals surface area contributed by atoms with Gasteiger partial charge < -0.3 is 10.6 Å². The van der Waals surface area contributed by atoms with E-state index in [4.69, 9.17) is 17.3 Å². The second kappa shape index (κ2) is 5.43. The second-order valence-corrected chi connectivity index (χ2v) is 4.43. The number of nitrogens with two attached hydrogens (primary N) is 1. The molecule has 0 radical (unpaired) electrons. The first-order valence-electron chi connectivity index (χ1n) is 5.09. The Morgan fingerprint density at radius 2 is 2.31 bits per heavy atom. The van der Waals surface area contributed by atoms with E-state index in [1.54, 1.807) is 11.6 Å². The Hall–Kier alpha value is -0.910. The average molecular weight is 245 g/mol. The van der Waals surface area contributed by atoms with Crippen LogP contribution >= 0.6 is 11.6 Å². The van der Waals surface area contributed by atoms with E-state index < -0.39 is 6.04 Å². The lowest BCUT2D eigenvalue weighted by Crippen LogP contribution is -2.30. The number of carbonyl (C=O) groups is 1. The van der Waals surface area contributed by atoms with Crippen LogP contribution in [-0.4, -0.2) is 47.1 Å². The molecule has 0 spiro atoms. The van der Waals surface area contributed by atoms with Crippen LogP contribution in [0.1, 0.15) is 17.4 Å². The quantitative estimate of drug-likeness (QED) is 0.772. The Morgan fingerprint density at radius 1 is 1.69 bits per heavy atom. The lowest BCUT2D eigenvalue weighted by molar-refractivity contribution is 0.0956. The normalized spacial score (nSPS) is 13.1. The number of likely N-dealkylation sites (N-methyl/N-ethyl adjacent to an activating group) is 1. The number of nitrogens with zero attached hydrogens (tertiary/aromatic N) is 3. The maximum atomic E-state index is 11.8. The van der Waals surface area contributed by atoms with Gasteiger partial charge in [0.1, 0.15) is 5.69 Å². The largest absolute Gasteiger partial charge is 0.321 e. The summed E-state index contributed by atoms with van der Waals surface area (Å²) in [6, 6.07) is -0.563. The Labute approximate surface area is 100 Å². The summed E-state index contributed by atoms with van der Waals surface area (Å²) in [5.74, 6) is -0.179. The molecule has 2 N–H and O–H groups in total. The van der Waals surface area contributed by atoms with Crippen LogP contribution in [0.15, 0.2) is 6.20 Å². The number of aromatic nitrogens is 2. The standard InChI is InChI=1S/C10H17ClN4O/c1-7(12)10(16)9-8(11)6-13-15(9)5-4-14(2)3/h6-7H,4-5,12H2,1-3H3. The van der Waals surface area contributed by atoms with Crippen LogP contribution in [0, 0.1) is 0 Å². The third-order valence-electron chi connectivity index (χ3n) is 2.20. The van der Waals surface area contributed by atoms with Crippen LogP contribution in [0.5, 0.6) is 0 Å². The fourth-order valence-corrected chi connectivity index (χ4v) is 1.52. The molecule has 1 unspecified atom stereocenters. The summed E-state index contributed by atoms with van der Waals surface area (Å²) in [4.78, 5) is 13.8. The molecule has 0 saturated carbocycles. The summed E-state index contributed by atoms with van der Waals surface area (Å²) >= 11 is 5.93. The van der Waals surface area contributed by atoms with Gasteiger partial charge >= 0.3 is 0 Å². The maximum absolute atomic E-state index is 11.8. The monoisotopic (exact) mass is 244 g/mol. The van der Waals surface area contributed by atoms with Gasteiger partial charge in [0.15, 0.2) is 5.78 Å². The van der Waals surface area contributed by atoms with Gasteiger partial charge in [-0.2, -0.15) is 5.10 Å². The summed E-state index contributed by atoms with van der Waals surface area (Å²) in [5.41, 5.74) is 5.96. The van der Waals surface area contributed by atoms with Crippen molar-refractivity contribution >= 4 is 17.4 Å². The molecule has 16 heavy (non-hydrogen) atoms. The first-order valence-corrected chi connectivity index (χ1v) is 5.47. The van der Waals surface area contributed by atoms with Crippen LogP contribution in [0.2, 0.25) is 5.02 Å². The van der Waals surface area contributed by atoms with Gasteiger partial charge in [0.05, 0.1) is 23.8 Å². The van der Waals surface area contributed by atoms with Crippen LogP contribution in [-0.2, 0) is 6.54 Å². The highest BCUT2D eigenvalue weighted by Crippen LogP contribution is 2.16. The molecular weight excluding hydrogens is 228 g/mol. The van der Waals surface area contributed by atoms with Crippen LogP contribution in [0.25, 0.3) is 0 Å². The fraction of sp³-hybridized carbons (Fsp3) is 0.600. The first kappa shape index (κ1) is 13.2. The van der Waals surface area contributed by atoms with Gasteiger partial charge in [0, 0.05) is 6.54 Å². The highest BCUT2D eigenvalue weighted by Gasteiger charge is 2.20. The average Bonchev–Trinajstić information content (AvgIpc) is 2.55. The van der Waals surface area contributed by atoms with E-state index in [1.165, 1.54) is 6.20 Å². The van der Waals surface area contributed by atoms with Crippen molar-refractivity contribution in [3.8, 4) is 0 Å². The molecule has 1 heterocycles. The van der Waals surface area contributed by atoms with Crippen molar-refractivity contribution in [2.24, 2.45) is 5.73 Å². The zero-order valence-electron chi connectivity index (χ0n) is 9.77. The van der Waals surface area contributed by atoms with Gasteiger partial charge in [0.25, 0.3) is 0 Å². The highest BCUT2D eigenvalue weighted by molar-refractivity contribution is 6.33. The summed E-state index contributed by atoms with van der Waals surface area (Å²) in [6.45, 7) is 3.05. The third-order valence-corrected chi connectivity index (χ3v) is 2.48. The third kappa shape index (κ3) is 3.04. The van der Waals surface area contributed by atoms with Gasteiger partial charge in [-0.25, -0.2) is 0 Å². The summed E-state index contributed by atoms with van der Waals surface area (Å²) < 4.78 is 1.61. The predicted octanol–water partition coefficient (Wildman–Crippen LogP) is 0.628. The minimum absolute atomic E-state index is 0.179. The molecule has 6 heteroatoms. The first-order chi connectivity index (χ1) is 7.43. The van der Waals surface area contributed by atoms with Crippen molar-refractivity contribution in [2.45, 2.75) is 19.5 Å². The molecule has 5 nitrogen and oxygen atoms in total. The number of Topliss-reactive ketones (excluding diaryl/α,β-unsaturated/α-hetero) is 1. The Kier molecular flexibility index (Phi) is 4.46. The maximum Gasteiger partial charge on any atom is 0.198 e. The Morgan fingerprint density at radius 3 is 2.81 bits per heavy atom. The topological polar surface area (TPSA) is 64.2 Å². The van der Waals surface area contributed by atoms with E-state index in [9.17, 15) is 4.79 Å². The smallest absolute Gasteiger partial charge is 0.198 e. The Balaban J connectivity index is 2.90. The molecule has 1 aromatic rings. The Bertz CT molecular complexity index is 373. The van der Waals surface area contributed by atoms with E-state index >= 15 is 0 Å². The fourth-order valence-electron chi connectivity index (χ4n) is 1.29. The van der Waals surface area contributed by atoms with Gasteiger partial charge in [0.2, 0.25) is 0 Å². The van der Waals surface area contributed by atoms with Gasteiger partial charge in [-0.05, 0) is 21.0 Å². The molecular formula is C10H17ClN4O. The van der Waals surface area contributed by atoms with Crippen molar-refractivity contribution in [2.75, 3.05) is 20.6 Å². The molecule has 90 valence electrons. The zero-order chi connectivity index (χ0) is 12.3. The van der Waals surface area contributed by atoms with Crippen LogP contribution in [0.3, 0.4) is 0 Å². The molecule has 0 aliphatic carbocycles. The molecule has 0 saturated heterocycles. The van der Waals surface area contributed by atoms with E-state index in [1.807, 2.05) is 19.0 Å². The van der Waals surface area contributed by atoms with Crippen LogP contribution < -0.4 is 5.73 Å². The summed E-state index contributed by atoms with van der Waals surface area (Å²) in [5, 5.41) is 4.43. The van der Waals surface area contributed by atoms with Gasteiger partial charge in [-0.1, -0.05) is 11.6 Å². The summed E-state index contributed by atoms with van der Waals surface area (Å²) in [6.07, 6.45) is 1.48. The van der Waals surface area contributed by atoms with Crippen molar-refractivity contribution in [3.63, 3.8) is 0 Å². The molecule has 0 bridgehead atoms.